The molecule has 4 nitrogen and oxygen atoms in total. The first kappa shape index (κ1) is 15.5. The first-order valence-electron chi connectivity index (χ1n) is 8.46. The summed E-state index contributed by atoms with van der Waals surface area (Å²) in [5, 5.41) is 3.21. The molecule has 1 heterocycles. The van der Waals surface area contributed by atoms with Crippen LogP contribution in [0.25, 0.3) is 0 Å². The van der Waals surface area contributed by atoms with Crippen molar-refractivity contribution in [3.8, 4) is 0 Å². The molecule has 1 aliphatic carbocycles. The number of benzene rings is 1. The molecule has 0 radical (unpaired) electrons. The van der Waals surface area contributed by atoms with Gasteiger partial charge in [0.15, 0.2) is 0 Å². The molecule has 3 rings (SSSR count). The number of nitrogens with one attached hydrogen (secondary N) is 1. The lowest BCUT2D eigenvalue weighted by atomic mass is 10.0. The largest absolute Gasteiger partial charge is 0.352 e. The van der Waals surface area contributed by atoms with Crippen LogP contribution in [0.5, 0.6) is 0 Å². The second kappa shape index (κ2) is 7.25. The van der Waals surface area contributed by atoms with E-state index in [0.717, 1.165) is 38.5 Å². The third-order valence-electron chi connectivity index (χ3n) is 4.67. The molecular formula is C18H27N3O. The molecule has 120 valence electrons. The van der Waals surface area contributed by atoms with E-state index in [-0.39, 0.29) is 5.91 Å². The monoisotopic (exact) mass is 301 g/mol. The van der Waals surface area contributed by atoms with Crippen molar-refractivity contribution in [3.05, 3.63) is 35.9 Å². The molecule has 1 saturated carbocycles. The maximum Gasteiger partial charge on any atom is 0.234 e. The van der Waals surface area contributed by atoms with E-state index in [4.69, 9.17) is 0 Å². The van der Waals surface area contributed by atoms with E-state index >= 15 is 0 Å². The molecule has 0 atom stereocenters. The summed E-state index contributed by atoms with van der Waals surface area (Å²) in [7, 11) is 2.00. The number of hydrogen-bond acceptors (Lipinski definition) is 3. The molecule has 1 amide bonds. The number of carbonyl (C=O) groups excluding carboxylic acids is 1. The summed E-state index contributed by atoms with van der Waals surface area (Å²) < 4.78 is 0. The fourth-order valence-electron chi connectivity index (χ4n) is 3.32. The maximum atomic E-state index is 12.2. The predicted octanol–water partition coefficient (Wildman–Crippen LogP) is 1.86. The number of carbonyl (C=O) groups is 1. The molecule has 4 heteroatoms. The van der Waals surface area contributed by atoms with Gasteiger partial charge in [0.1, 0.15) is 0 Å². The van der Waals surface area contributed by atoms with Crippen LogP contribution in [-0.2, 0) is 11.3 Å². The smallest absolute Gasteiger partial charge is 0.234 e. The molecule has 1 N–H and O–H groups in total. The number of piperidine rings is 1. The van der Waals surface area contributed by atoms with E-state index in [1.807, 2.05) is 25.2 Å². The molecule has 1 aromatic carbocycles. The third kappa shape index (κ3) is 4.55. The Bertz CT molecular complexity index is 478. The summed E-state index contributed by atoms with van der Waals surface area (Å²) in [6.07, 6.45) is 4.96. The number of rotatable bonds is 6. The topological polar surface area (TPSA) is 35.6 Å². The predicted molar refractivity (Wildman–Crippen MR) is 88.5 cm³/mol. The first-order chi connectivity index (χ1) is 10.7. The third-order valence-corrected chi connectivity index (χ3v) is 4.67. The Morgan fingerprint density at radius 1 is 1.18 bits per heavy atom. The molecule has 1 aromatic rings. The Hall–Kier alpha value is -1.39. The van der Waals surface area contributed by atoms with Crippen LogP contribution in [0.3, 0.4) is 0 Å². The lowest BCUT2D eigenvalue weighted by Gasteiger charge is -2.32. The van der Waals surface area contributed by atoms with Crippen LogP contribution < -0.4 is 5.32 Å². The summed E-state index contributed by atoms with van der Waals surface area (Å²) in [5.74, 6) is 0.156. The molecular weight excluding hydrogens is 274 g/mol. The minimum Gasteiger partial charge on any atom is -0.352 e. The number of nitrogens with zero attached hydrogens (tertiary/aromatic N) is 2. The van der Waals surface area contributed by atoms with Gasteiger partial charge in [-0.15, -0.1) is 0 Å². The molecule has 1 aliphatic heterocycles. The highest BCUT2D eigenvalue weighted by Gasteiger charge is 2.32. The normalized spacial score (nSPS) is 20.3. The fraction of sp³-hybridized carbons (Fsp3) is 0.611. The molecule has 2 fully saturated rings. The standard InChI is InChI=1S/C18H27N3O/c1-20(13-15-5-3-2-4-6-15)14-18(22)19-16-9-11-21(12-10-16)17-7-8-17/h2-6,16-17H,7-14H2,1H3,(H,19,22). The molecule has 22 heavy (non-hydrogen) atoms. The summed E-state index contributed by atoms with van der Waals surface area (Å²) >= 11 is 0. The van der Waals surface area contributed by atoms with Crippen molar-refractivity contribution in [2.45, 2.75) is 44.3 Å². The average molecular weight is 301 g/mol. The summed E-state index contributed by atoms with van der Waals surface area (Å²) in [6, 6.07) is 11.5. The van der Waals surface area contributed by atoms with Crippen molar-refractivity contribution >= 4 is 5.91 Å². The van der Waals surface area contributed by atoms with Crippen LogP contribution in [0.4, 0.5) is 0 Å². The average Bonchev–Trinajstić information content (AvgIpc) is 3.33. The Morgan fingerprint density at radius 2 is 1.86 bits per heavy atom. The summed E-state index contributed by atoms with van der Waals surface area (Å²) in [5.41, 5.74) is 1.25. The van der Waals surface area contributed by atoms with E-state index < -0.39 is 0 Å². The lowest BCUT2D eigenvalue weighted by Crippen LogP contribution is -2.47. The highest BCUT2D eigenvalue weighted by atomic mass is 16.2. The SMILES string of the molecule is CN(CC(=O)NC1CCN(C2CC2)CC1)Cc1ccccc1. The summed E-state index contributed by atoms with van der Waals surface area (Å²) in [6.45, 7) is 3.58. The van der Waals surface area contributed by atoms with Crippen molar-refractivity contribution in [2.75, 3.05) is 26.7 Å². The molecule has 0 aromatic heterocycles. The highest BCUT2D eigenvalue weighted by Crippen LogP contribution is 2.29. The van der Waals surface area contributed by atoms with Crippen molar-refractivity contribution in [2.24, 2.45) is 0 Å². The van der Waals surface area contributed by atoms with E-state index in [9.17, 15) is 4.79 Å². The van der Waals surface area contributed by atoms with Gasteiger partial charge in [0.25, 0.3) is 0 Å². The van der Waals surface area contributed by atoms with Crippen molar-refractivity contribution in [3.63, 3.8) is 0 Å². The minimum absolute atomic E-state index is 0.156. The van der Waals surface area contributed by atoms with Gasteiger partial charge in [-0.3, -0.25) is 9.69 Å². The quantitative estimate of drug-likeness (QED) is 0.871. The zero-order chi connectivity index (χ0) is 15.4. The molecule has 0 spiro atoms. The Labute approximate surface area is 133 Å². The number of likely N-dealkylation sites (N-methyl/N-ethyl adjacent to an activating group) is 1. The van der Waals surface area contributed by atoms with Gasteiger partial charge in [0.2, 0.25) is 5.91 Å². The van der Waals surface area contributed by atoms with Gasteiger partial charge >= 0.3 is 0 Å². The fourth-order valence-corrected chi connectivity index (χ4v) is 3.32. The second-order valence-corrected chi connectivity index (χ2v) is 6.77. The van der Waals surface area contributed by atoms with E-state index in [2.05, 4.69) is 27.2 Å². The van der Waals surface area contributed by atoms with Crippen molar-refractivity contribution in [1.82, 2.24) is 15.1 Å². The van der Waals surface area contributed by atoms with Crippen molar-refractivity contribution < 1.29 is 4.79 Å². The van der Waals surface area contributed by atoms with Gasteiger partial charge in [-0.2, -0.15) is 0 Å². The van der Waals surface area contributed by atoms with Gasteiger partial charge < -0.3 is 10.2 Å². The zero-order valence-corrected chi connectivity index (χ0v) is 13.5. The summed E-state index contributed by atoms with van der Waals surface area (Å²) in [4.78, 5) is 16.8. The number of likely N-dealkylation sites (tertiary alicyclic amines) is 1. The minimum atomic E-state index is 0.156. The Morgan fingerprint density at radius 3 is 2.50 bits per heavy atom. The van der Waals surface area contributed by atoms with E-state index in [0.29, 0.717) is 12.6 Å². The zero-order valence-electron chi connectivity index (χ0n) is 13.5. The van der Waals surface area contributed by atoms with Gasteiger partial charge in [0.05, 0.1) is 6.54 Å². The van der Waals surface area contributed by atoms with Crippen LogP contribution >= 0.6 is 0 Å². The molecule has 1 saturated heterocycles. The van der Waals surface area contributed by atoms with Crippen molar-refractivity contribution in [1.29, 1.82) is 0 Å². The van der Waals surface area contributed by atoms with Crippen LogP contribution in [0, 0.1) is 0 Å². The molecule has 0 bridgehead atoms. The van der Waals surface area contributed by atoms with Crippen LogP contribution in [0.2, 0.25) is 0 Å². The Balaban J connectivity index is 1.37. The van der Waals surface area contributed by atoms with Crippen LogP contribution in [-0.4, -0.2) is 54.5 Å². The van der Waals surface area contributed by atoms with E-state index in [1.165, 1.54) is 18.4 Å². The second-order valence-electron chi connectivity index (χ2n) is 6.77. The molecule has 0 unspecified atom stereocenters. The number of hydrogen-bond donors (Lipinski definition) is 1. The van der Waals surface area contributed by atoms with E-state index in [1.54, 1.807) is 0 Å². The molecule has 2 aliphatic rings. The van der Waals surface area contributed by atoms with Gasteiger partial charge in [-0.25, -0.2) is 0 Å². The van der Waals surface area contributed by atoms with Crippen LogP contribution in [0.1, 0.15) is 31.2 Å². The first-order valence-corrected chi connectivity index (χ1v) is 8.46. The number of amides is 1. The van der Waals surface area contributed by atoms with Gasteiger partial charge in [-0.05, 0) is 38.3 Å². The van der Waals surface area contributed by atoms with Gasteiger partial charge in [0, 0.05) is 31.7 Å². The van der Waals surface area contributed by atoms with Crippen LogP contribution in [0.15, 0.2) is 30.3 Å². The van der Waals surface area contributed by atoms with Gasteiger partial charge in [-0.1, -0.05) is 30.3 Å². The lowest BCUT2D eigenvalue weighted by molar-refractivity contribution is -0.123. The highest BCUT2D eigenvalue weighted by molar-refractivity contribution is 5.78. The maximum absolute atomic E-state index is 12.2. The Kier molecular flexibility index (Phi) is 5.11.